The van der Waals surface area contributed by atoms with Crippen molar-refractivity contribution in [1.82, 2.24) is 5.32 Å². The van der Waals surface area contributed by atoms with Crippen LogP contribution in [0.3, 0.4) is 0 Å². The third kappa shape index (κ3) is 1.85. The average molecular weight is 357 g/mol. The van der Waals surface area contributed by atoms with Crippen LogP contribution in [0.25, 0.3) is 10.8 Å². The molecule has 7 heteroatoms. The maximum Gasteiger partial charge on any atom is 0.266 e. The molecule has 0 aliphatic carbocycles. The maximum absolute atomic E-state index is 13.1. The number of imide groups is 2. The fourth-order valence-electron chi connectivity index (χ4n) is 3.71. The predicted octanol–water partition coefficient (Wildman–Crippen LogP) is 2.11. The molecule has 3 N–H and O–H groups in total. The van der Waals surface area contributed by atoms with E-state index in [1.54, 1.807) is 24.3 Å². The van der Waals surface area contributed by atoms with E-state index in [9.17, 15) is 19.2 Å². The van der Waals surface area contributed by atoms with Crippen molar-refractivity contribution >= 4 is 45.8 Å². The lowest BCUT2D eigenvalue weighted by Gasteiger charge is -2.29. The van der Waals surface area contributed by atoms with Crippen molar-refractivity contribution in [3.63, 3.8) is 0 Å². The van der Waals surface area contributed by atoms with Crippen molar-refractivity contribution in [3.8, 4) is 0 Å². The largest absolute Gasteiger partial charge is 0.397 e. The van der Waals surface area contributed by atoms with Gasteiger partial charge in [0, 0.05) is 33.0 Å². The maximum atomic E-state index is 13.1. The second-order valence-electron chi connectivity index (χ2n) is 6.36. The van der Waals surface area contributed by atoms with Gasteiger partial charge in [0.05, 0.1) is 11.4 Å². The minimum atomic E-state index is -0.550. The molecule has 130 valence electrons. The van der Waals surface area contributed by atoms with Gasteiger partial charge in [0.15, 0.2) is 0 Å². The van der Waals surface area contributed by atoms with Crippen LogP contribution >= 0.6 is 0 Å². The van der Waals surface area contributed by atoms with E-state index in [1.165, 1.54) is 24.3 Å². The van der Waals surface area contributed by atoms with Gasteiger partial charge < -0.3 is 5.73 Å². The summed E-state index contributed by atoms with van der Waals surface area (Å²) in [6, 6.07) is 12.6. The Kier molecular flexibility index (Phi) is 2.83. The molecule has 0 spiro atoms. The van der Waals surface area contributed by atoms with E-state index in [-0.39, 0.29) is 22.3 Å². The number of nitrogens with zero attached hydrogens (tertiary/aromatic N) is 1. The van der Waals surface area contributed by atoms with Crippen molar-refractivity contribution in [3.05, 3.63) is 70.8 Å². The summed E-state index contributed by atoms with van der Waals surface area (Å²) in [5.41, 5.74) is 7.57. The topological polar surface area (TPSA) is 110 Å². The fourth-order valence-corrected chi connectivity index (χ4v) is 3.71. The Hall–Kier alpha value is -4.00. The predicted molar refractivity (Wildman–Crippen MR) is 97.7 cm³/mol. The van der Waals surface area contributed by atoms with Crippen LogP contribution in [0.4, 0.5) is 11.4 Å². The van der Waals surface area contributed by atoms with E-state index in [0.717, 1.165) is 4.90 Å². The van der Waals surface area contributed by atoms with Crippen LogP contribution in [0.2, 0.25) is 0 Å². The molecule has 5 rings (SSSR count). The Balaban J connectivity index is 1.85. The number of nitrogens with one attached hydrogen (secondary N) is 1. The summed E-state index contributed by atoms with van der Waals surface area (Å²) in [6.45, 7) is 0. The molecule has 0 radical (unpaired) electrons. The fraction of sp³-hybridized carbons (Fsp3) is 0. The van der Waals surface area contributed by atoms with Crippen LogP contribution in [0.15, 0.2) is 48.5 Å². The van der Waals surface area contributed by atoms with Gasteiger partial charge in [-0.2, -0.15) is 0 Å². The van der Waals surface area contributed by atoms with Crippen LogP contribution in [-0.4, -0.2) is 23.6 Å². The molecule has 0 unspecified atom stereocenters. The lowest BCUT2D eigenvalue weighted by molar-refractivity contribution is 0.0837. The number of benzene rings is 3. The number of amides is 4. The van der Waals surface area contributed by atoms with Crippen LogP contribution in [0.1, 0.15) is 41.4 Å². The van der Waals surface area contributed by atoms with Gasteiger partial charge in [-0.1, -0.05) is 12.1 Å². The Morgan fingerprint density at radius 2 is 1.15 bits per heavy atom. The molecule has 0 saturated carbocycles. The molecule has 0 aromatic heterocycles. The van der Waals surface area contributed by atoms with E-state index in [4.69, 9.17) is 5.73 Å². The zero-order chi connectivity index (χ0) is 18.9. The zero-order valence-electron chi connectivity index (χ0n) is 13.8. The standard InChI is InChI=1S/C20H11N3O4/c21-13-3-1-2-4-14(13)23-19(26)11-7-5-9-15-10(18(25)22-17(9)24)6-8-12(16(11)15)20(23)27/h1-8H,21H2,(H,22,24,25). The van der Waals surface area contributed by atoms with E-state index >= 15 is 0 Å². The summed E-state index contributed by atoms with van der Waals surface area (Å²) in [5.74, 6) is -2.20. The summed E-state index contributed by atoms with van der Waals surface area (Å²) >= 11 is 0. The van der Waals surface area contributed by atoms with Crippen LogP contribution in [0, 0.1) is 0 Å². The Morgan fingerprint density at radius 1 is 0.667 bits per heavy atom. The van der Waals surface area contributed by atoms with Crippen LogP contribution in [0.5, 0.6) is 0 Å². The molecule has 3 aromatic carbocycles. The molecule has 4 amide bonds. The van der Waals surface area contributed by atoms with Crippen molar-refractivity contribution < 1.29 is 19.2 Å². The lowest BCUT2D eigenvalue weighted by Crippen LogP contribution is -2.42. The van der Waals surface area contributed by atoms with E-state index in [0.29, 0.717) is 22.1 Å². The summed E-state index contributed by atoms with van der Waals surface area (Å²) in [4.78, 5) is 51.6. The van der Waals surface area contributed by atoms with E-state index < -0.39 is 23.6 Å². The Labute approximate surface area is 152 Å². The SMILES string of the molecule is Nc1ccccc1N1C(=O)c2ccc3c4c(ccc(c24)C1=O)C(=O)NC3=O. The zero-order valence-corrected chi connectivity index (χ0v) is 13.8. The highest BCUT2D eigenvalue weighted by Crippen LogP contribution is 2.38. The van der Waals surface area contributed by atoms with Gasteiger partial charge in [0.1, 0.15) is 0 Å². The quantitative estimate of drug-likeness (QED) is 0.512. The molecule has 0 saturated heterocycles. The van der Waals surface area contributed by atoms with Crippen molar-refractivity contribution in [2.45, 2.75) is 0 Å². The van der Waals surface area contributed by atoms with Gasteiger partial charge >= 0.3 is 0 Å². The molecule has 2 heterocycles. The number of hydrogen-bond acceptors (Lipinski definition) is 5. The Bertz CT molecular complexity index is 1180. The second-order valence-corrected chi connectivity index (χ2v) is 6.36. The first kappa shape index (κ1) is 15.3. The van der Waals surface area contributed by atoms with Gasteiger partial charge in [0.25, 0.3) is 23.6 Å². The molecule has 2 aliphatic heterocycles. The molecule has 3 aromatic rings. The first-order valence-corrected chi connectivity index (χ1v) is 8.17. The molecule has 27 heavy (non-hydrogen) atoms. The highest BCUT2D eigenvalue weighted by Gasteiger charge is 2.38. The summed E-state index contributed by atoms with van der Waals surface area (Å²) in [7, 11) is 0. The smallest absolute Gasteiger partial charge is 0.266 e. The highest BCUT2D eigenvalue weighted by atomic mass is 16.2. The highest BCUT2D eigenvalue weighted by molar-refractivity contribution is 6.39. The lowest BCUT2D eigenvalue weighted by atomic mass is 9.86. The van der Waals surface area contributed by atoms with Crippen molar-refractivity contribution in [1.29, 1.82) is 0 Å². The number of rotatable bonds is 1. The number of para-hydroxylation sites is 2. The normalized spacial score (nSPS) is 15.3. The minimum absolute atomic E-state index is 0.246. The summed E-state index contributed by atoms with van der Waals surface area (Å²) in [5, 5.41) is 2.92. The molecular weight excluding hydrogens is 346 g/mol. The molecule has 0 atom stereocenters. The number of carbonyl (C=O) groups is 4. The monoisotopic (exact) mass is 357 g/mol. The van der Waals surface area contributed by atoms with Gasteiger partial charge in [-0.15, -0.1) is 0 Å². The van der Waals surface area contributed by atoms with Crippen molar-refractivity contribution in [2.24, 2.45) is 0 Å². The minimum Gasteiger partial charge on any atom is -0.397 e. The van der Waals surface area contributed by atoms with Gasteiger partial charge in [-0.05, 0) is 36.4 Å². The molecule has 0 bridgehead atoms. The number of anilines is 2. The molecule has 7 nitrogen and oxygen atoms in total. The second kappa shape index (κ2) is 5.01. The first-order valence-electron chi connectivity index (χ1n) is 8.17. The number of nitrogens with two attached hydrogens (primary N) is 1. The van der Waals surface area contributed by atoms with Crippen LogP contribution in [-0.2, 0) is 0 Å². The number of nitrogen functional groups attached to an aromatic ring is 1. The summed E-state index contributed by atoms with van der Waals surface area (Å²) in [6.07, 6.45) is 0. The third-order valence-electron chi connectivity index (χ3n) is 4.92. The molecule has 0 fully saturated rings. The number of carbonyl (C=O) groups excluding carboxylic acids is 4. The molecular formula is C20H11N3O4. The third-order valence-corrected chi connectivity index (χ3v) is 4.92. The summed E-state index contributed by atoms with van der Waals surface area (Å²) < 4.78 is 0. The van der Waals surface area contributed by atoms with Crippen LogP contribution < -0.4 is 16.0 Å². The van der Waals surface area contributed by atoms with Gasteiger partial charge in [-0.3, -0.25) is 24.5 Å². The van der Waals surface area contributed by atoms with Gasteiger partial charge in [-0.25, -0.2) is 4.90 Å². The first-order chi connectivity index (χ1) is 13.0. The van der Waals surface area contributed by atoms with E-state index in [2.05, 4.69) is 5.32 Å². The number of hydrogen-bond donors (Lipinski definition) is 2. The van der Waals surface area contributed by atoms with E-state index in [1.807, 2.05) is 0 Å². The van der Waals surface area contributed by atoms with Crippen molar-refractivity contribution in [2.75, 3.05) is 10.6 Å². The molecule has 2 aliphatic rings. The Morgan fingerprint density at radius 3 is 1.70 bits per heavy atom. The van der Waals surface area contributed by atoms with Gasteiger partial charge in [0.2, 0.25) is 0 Å². The average Bonchev–Trinajstić information content (AvgIpc) is 2.66.